The molecule has 1 aliphatic rings. The molecule has 0 saturated heterocycles. The molecule has 51 heavy (non-hydrogen) atoms. The van der Waals surface area contributed by atoms with Gasteiger partial charge in [0.1, 0.15) is 8.07 Å². The van der Waals surface area contributed by atoms with Gasteiger partial charge in [-0.2, -0.15) is 0 Å². The van der Waals surface area contributed by atoms with E-state index in [1.165, 1.54) is 75.2 Å². The lowest BCUT2D eigenvalue weighted by Crippen LogP contribution is -2.49. The molecule has 0 unspecified atom stereocenters. The molecule has 0 aliphatic carbocycles. The second-order valence-corrected chi connectivity index (χ2v) is 19.6. The van der Waals surface area contributed by atoms with Gasteiger partial charge in [0.15, 0.2) is 0 Å². The standard InChI is InChI=1S/C48H35NSSi/c1-51(2)45-28-27-44-47(41-22-8-9-24-43(41)50-44)48(45)42-26-25-38(31-46(42)51)49(36-19-10-17-34(29-36)32-13-4-3-5-14-32)37-20-11-18-35(30-37)40-23-12-16-33-15-6-7-21-39(33)40/h3-31H,1-2H3. The van der Waals surface area contributed by atoms with Crippen molar-refractivity contribution in [3.8, 4) is 33.4 Å². The van der Waals surface area contributed by atoms with Crippen molar-refractivity contribution < 1.29 is 0 Å². The van der Waals surface area contributed by atoms with Gasteiger partial charge >= 0.3 is 0 Å². The summed E-state index contributed by atoms with van der Waals surface area (Å²) in [6.07, 6.45) is 0. The third kappa shape index (κ3) is 4.80. The van der Waals surface area contributed by atoms with Gasteiger partial charge in [-0.15, -0.1) is 11.3 Å². The predicted octanol–water partition coefficient (Wildman–Crippen LogP) is 12.8. The van der Waals surface area contributed by atoms with Gasteiger partial charge in [0.05, 0.1) is 0 Å². The van der Waals surface area contributed by atoms with E-state index in [1.54, 1.807) is 5.19 Å². The van der Waals surface area contributed by atoms with Gasteiger partial charge in [0.2, 0.25) is 0 Å². The Morgan fingerprint density at radius 1 is 0.431 bits per heavy atom. The van der Waals surface area contributed by atoms with Crippen LogP contribution in [0, 0.1) is 0 Å². The molecule has 0 radical (unpaired) electrons. The fraction of sp³-hybridized carbons (Fsp3) is 0.0417. The molecule has 0 fully saturated rings. The van der Waals surface area contributed by atoms with Crippen LogP contribution in [0.4, 0.5) is 17.1 Å². The van der Waals surface area contributed by atoms with E-state index in [0.29, 0.717) is 0 Å². The highest BCUT2D eigenvalue weighted by atomic mass is 32.1. The minimum absolute atomic E-state index is 1.15. The maximum Gasteiger partial charge on any atom is 0.113 e. The van der Waals surface area contributed by atoms with E-state index in [4.69, 9.17) is 0 Å². The van der Waals surface area contributed by atoms with Crippen LogP contribution in [0.15, 0.2) is 176 Å². The summed E-state index contributed by atoms with van der Waals surface area (Å²) in [7, 11) is -2.02. The van der Waals surface area contributed by atoms with Crippen LogP contribution in [0.2, 0.25) is 13.1 Å². The zero-order chi connectivity index (χ0) is 34.1. The van der Waals surface area contributed by atoms with Crippen LogP contribution in [0.25, 0.3) is 64.3 Å². The summed E-state index contributed by atoms with van der Waals surface area (Å²) in [5.74, 6) is 0. The van der Waals surface area contributed by atoms with Crippen molar-refractivity contribution in [1.82, 2.24) is 0 Å². The van der Waals surface area contributed by atoms with Gasteiger partial charge in [-0.25, -0.2) is 0 Å². The number of thiophene rings is 1. The molecule has 1 aromatic heterocycles. The minimum Gasteiger partial charge on any atom is -0.310 e. The van der Waals surface area contributed by atoms with E-state index in [0.717, 1.165) is 11.4 Å². The first-order valence-electron chi connectivity index (χ1n) is 17.7. The first-order chi connectivity index (χ1) is 25.0. The zero-order valence-corrected chi connectivity index (χ0v) is 30.4. The molecular weight excluding hydrogens is 651 g/mol. The molecular formula is C48H35NSSi. The molecule has 0 bridgehead atoms. The fourth-order valence-electron chi connectivity index (χ4n) is 8.36. The van der Waals surface area contributed by atoms with E-state index < -0.39 is 8.07 Å². The van der Waals surface area contributed by atoms with Crippen LogP contribution in [0.3, 0.4) is 0 Å². The Morgan fingerprint density at radius 3 is 1.92 bits per heavy atom. The summed E-state index contributed by atoms with van der Waals surface area (Å²) >= 11 is 1.91. The van der Waals surface area contributed by atoms with Gasteiger partial charge in [-0.1, -0.05) is 140 Å². The zero-order valence-electron chi connectivity index (χ0n) is 28.6. The highest BCUT2D eigenvalue weighted by Gasteiger charge is 2.39. The minimum atomic E-state index is -2.02. The summed E-state index contributed by atoms with van der Waals surface area (Å²) < 4.78 is 2.74. The van der Waals surface area contributed by atoms with Gasteiger partial charge in [0.25, 0.3) is 0 Å². The van der Waals surface area contributed by atoms with Gasteiger partial charge < -0.3 is 4.90 Å². The lowest BCUT2D eigenvalue weighted by atomic mass is 9.97. The molecule has 242 valence electrons. The summed E-state index contributed by atoms with van der Waals surface area (Å²) in [6.45, 7) is 5.06. The Hall–Kier alpha value is -5.74. The van der Waals surface area contributed by atoms with Crippen molar-refractivity contribution in [3.63, 3.8) is 0 Å². The normalized spacial score (nSPS) is 13.1. The summed E-state index contributed by atoms with van der Waals surface area (Å²) in [5.41, 5.74) is 11.2. The predicted molar refractivity (Wildman–Crippen MR) is 225 cm³/mol. The molecule has 0 atom stereocenters. The van der Waals surface area contributed by atoms with Gasteiger partial charge in [-0.05, 0) is 103 Å². The van der Waals surface area contributed by atoms with Crippen molar-refractivity contribution in [3.05, 3.63) is 176 Å². The van der Waals surface area contributed by atoms with Crippen LogP contribution in [0.1, 0.15) is 0 Å². The number of rotatable bonds is 5. The Balaban J connectivity index is 1.18. The number of hydrogen-bond donors (Lipinski definition) is 0. The van der Waals surface area contributed by atoms with E-state index in [1.807, 2.05) is 11.3 Å². The maximum absolute atomic E-state index is 2.53. The fourth-order valence-corrected chi connectivity index (χ4v) is 12.5. The third-order valence-electron chi connectivity index (χ3n) is 10.8. The molecule has 0 spiro atoms. The third-order valence-corrected chi connectivity index (χ3v) is 15.5. The molecule has 1 nitrogen and oxygen atoms in total. The average molecular weight is 686 g/mol. The van der Waals surface area contributed by atoms with Crippen molar-refractivity contribution in [2.24, 2.45) is 0 Å². The van der Waals surface area contributed by atoms with E-state index >= 15 is 0 Å². The van der Waals surface area contributed by atoms with E-state index in [-0.39, 0.29) is 0 Å². The molecule has 0 amide bonds. The number of anilines is 3. The molecule has 3 heteroatoms. The molecule has 2 heterocycles. The van der Waals surface area contributed by atoms with Crippen molar-refractivity contribution >= 4 is 77.8 Å². The number of hydrogen-bond acceptors (Lipinski definition) is 2. The number of fused-ring (bicyclic) bond motifs is 8. The van der Waals surface area contributed by atoms with Crippen molar-refractivity contribution in [1.29, 1.82) is 0 Å². The van der Waals surface area contributed by atoms with Crippen LogP contribution < -0.4 is 15.3 Å². The maximum atomic E-state index is 2.53. The smallest absolute Gasteiger partial charge is 0.113 e. The number of nitrogens with zero attached hydrogens (tertiary/aromatic N) is 1. The first-order valence-corrected chi connectivity index (χ1v) is 21.5. The van der Waals surface area contributed by atoms with Gasteiger partial charge in [0, 0.05) is 37.2 Å². The lowest BCUT2D eigenvalue weighted by molar-refractivity contribution is 1.29. The van der Waals surface area contributed by atoms with Crippen LogP contribution >= 0.6 is 11.3 Å². The van der Waals surface area contributed by atoms with Crippen LogP contribution in [-0.4, -0.2) is 8.07 Å². The van der Waals surface area contributed by atoms with Crippen molar-refractivity contribution in [2.45, 2.75) is 13.1 Å². The number of benzene rings is 8. The Bertz CT molecular complexity index is 2790. The SMILES string of the molecule is C[Si]1(C)c2cc(N(c3cccc(-c4ccccc4)c3)c3cccc(-c4cccc5ccccc45)c3)ccc2-c2c1ccc1sc3ccccc3c21. The topological polar surface area (TPSA) is 3.24 Å². The second kappa shape index (κ2) is 11.7. The summed E-state index contributed by atoms with van der Waals surface area (Å²) in [6, 6.07) is 65.1. The molecule has 1 aliphatic heterocycles. The largest absolute Gasteiger partial charge is 0.310 e. The highest BCUT2D eigenvalue weighted by molar-refractivity contribution is 7.26. The molecule has 0 saturated carbocycles. The molecule has 9 aromatic rings. The van der Waals surface area contributed by atoms with Gasteiger partial charge in [-0.3, -0.25) is 0 Å². The molecule has 0 N–H and O–H groups in total. The average Bonchev–Trinajstić information content (AvgIpc) is 3.67. The first kappa shape index (κ1) is 30.1. The van der Waals surface area contributed by atoms with Crippen LogP contribution in [-0.2, 0) is 0 Å². The van der Waals surface area contributed by atoms with E-state index in [2.05, 4.69) is 194 Å². The summed E-state index contributed by atoms with van der Waals surface area (Å²) in [5, 5.41) is 8.38. The molecule has 10 rings (SSSR count). The monoisotopic (exact) mass is 685 g/mol. The highest BCUT2D eigenvalue weighted by Crippen LogP contribution is 2.44. The Labute approximate surface area is 303 Å². The van der Waals surface area contributed by atoms with E-state index in [9.17, 15) is 0 Å². The van der Waals surface area contributed by atoms with Crippen LogP contribution in [0.5, 0.6) is 0 Å². The second-order valence-electron chi connectivity index (χ2n) is 14.1. The summed E-state index contributed by atoms with van der Waals surface area (Å²) in [4.78, 5) is 2.46. The Morgan fingerprint density at radius 2 is 1.08 bits per heavy atom. The Kier molecular flexibility index (Phi) is 6.89. The van der Waals surface area contributed by atoms with Crippen molar-refractivity contribution in [2.75, 3.05) is 4.90 Å². The molecule has 8 aromatic carbocycles. The quantitative estimate of drug-likeness (QED) is 0.163. The lowest BCUT2D eigenvalue weighted by Gasteiger charge is -2.28.